The van der Waals surface area contributed by atoms with Gasteiger partial charge in [-0.1, -0.05) is 24.3 Å². The van der Waals surface area contributed by atoms with Crippen LogP contribution in [-0.2, 0) is 9.53 Å². The minimum Gasteiger partial charge on any atom is -0.497 e. The zero-order valence-electron chi connectivity index (χ0n) is 11.8. The van der Waals surface area contributed by atoms with Gasteiger partial charge in [-0.3, -0.25) is 0 Å². The van der Waals surface area contributed by atoms with E-state index in [-0.39, 0.29) is 12.1 Å². The summed E-state index contributed by atoms with van der Waals surface area (Å²) in [5, 5.41) is 0. The van der Waals surface area contributed by atoms with Crippen molar-refractivity contribution in [2.45, 2.75) is 19.4 Å². The molecule has 0 aromatic heterocycles. The van der Waals surface area contributed by atoms with Crippen LogP contribution >= 0.6 is 12.6 Å². The second-order valence-corrected chi connectivity index (χ2v) is 4.52. The predicted octanol–water partition coefficient (Wildman–Crippen LogP) is 3.52. The molecule has 4 heteroatoms. The van der Waals surface area contributed by atoms with Crippen molar-refractivity contribution in [1.29, 1.82) is 0 Å². The first-order valence-electron chi connectivity index (χ1n) is 6.44. The van der Waals surface area contributed by atoms with E-state index in [0.717, 1.165) is 11.3 Å². The predicted molar refractivity (Wildman–Crippen MR) is 85.2 cm³/mol. The van der Waals surface area contributed by atoms with Crippen LogP contribution in [0.2, 0.25) is 0 Å². The summed E-state index contributed by atoms with van der Waals surface area (Å²) in [5.41, 5.74) is 0.915. The summed E-state index contributed by atoms with van der Waals surface area (Å²) in [7, 11) is 1.62. The first kappa shape index (κ1) is 16.4. The molecule has 0 heterocycles. The third kappa shape index (κ3) is 5.97. The van der Waals surface area contributed by atoms with Crippen LogP contribution in [0, 0.1) is 0 Å². The normalized spacial score (nSPS) is 12.8. The summed E-state index contributed by atoms with van der Waals surface area (Å²) in [6, 6.07) is 7.43. The van der Waals surface area contributed by atoms with Crippen LogP contribution in [0.4, 0.5) is 0 Å². The van der Waals surface area contributed by atoms with E-state index in [4.69, 9.17) is 9.47 Å². The lowest BCUT2D eigenvalue weighted by molar-refractivity contribution is -0.141. The third-order valence-corrected chi connectivity index (χ3v) is 3.06. The van der Waals surface area contributed by atoms with E-state index >= 15 is 0 Å². The first-order chi connectivity index (χ1) is 9.69. The number of carbonyl (C=O) groups excluding carboxylic acids is 1. The minimum atomic E-state index is -0.357. The molecule has 1 aromatic carbocycles. The van der Waals surface area contributed by atoms with Gasteiger partial charge in [0.2, 0.25) is 0 Å². The van der Waals surface area contributed by atoms with Crippen LogP contribution in [0.5, 0.6) is 5.75 Å². The Hall–Kier alpha value is -1.68. The maximum atomic E-state index is 11.7. The van der Waals surface area contributed by atoms with Gasteiger partial charge in [-0.15, -0.1) is 0 Å². The molecule has 0 amide bonds. The number of esters is 1. The molecule has 0 fully saturated rings. The number of ether oxygens (including phenoxy) is 2. The van der Waals surface area contributed by atoms with E-state index in [1.54, 1.807) is 13.2 Å². The number of rotatable bonds is 7. The van der Waals surface area contributed by atoms with Crippen molar-refractivity contribution < 1.29 is 14.3 Å². The lowest BCUT2D eigenvalue weighted by atomic mass is 10.2. The van der Waals surface area contributed by atoms with Crippen molar-refractivity contribution >= 4 is 24.7 Å². The highest BCUT2D eigenvalue weighted by Crippen LogP contribution is 2.12. The Bertz CT molecular complexity index is 463. The van der Waals surface area contributed by atoms with E-state index in [9.17, 15) is 4.79 Å². The quantitative estimate of drug-likeness (QED) is 0.361. The van der Waals surface area contributed by atoms with Gasteiger partial charge in [-0.05, 0) is 30.7 Å². The summed E-state index contributed by atoms with van der Waals surface area (Å²) in [6.45, 7) is 1.93. The number of methoxy groups -OCH3 is 1. The molecule has 20 heavy (non-hydrogen) atoms. The Morgan fingerprint density at radius 1 is 1.35 bits per heavy atom. The lowest BCUT2D eigenvalue weighted by Gasteiger charge is -2.12. The molecule has 0 aliphatic rings. The van der Waals surface area contributed by atoms with Gasteiger partial charge < -0.3 is 9.47 Å². The van der Waals surface area contributed by atoms with Crippen molar-refractivity contribution in [1.82, 2.24) is 0 Å². The zero-order valence-corrected chi connectivity index (χ0v) is 12.7. The highest BCUT2D eigenvalue weighted by molar-refractivity contribution is 7.80. The van der Waals surface area contributed by atoms with Gasteiger partial charge >= 0.3 is 5.97 Å². The van der Waals surface area contributed by atoms with Gasteiger partial charge in [-0.25, -0.2) is 4.79 Å². The molecule has 1 aromatic rings. The Morgan fingerprint density at radius 3 is 2.60 bits per heavy atom. The topological polar surface area (TPSA) is 35.5 Å². The van der Waals surface area contributed by atoms with Crippen molar-refractivity contribution in [3.63, 3.8) is 0 Å². The zero-order chi connectivity index (χ0) is 14.8. The Kier molecular flexibility index (Phi) is 7.58. The molecule has 0 bridgehead atoms. The molecule has 0 N–H and O–H groups in total. The maximum absolute atomic E-state index is 11.7. The number of allylic oxidation sites excluding steroid dienone is 1. The van der Waals surface area contributed by atoms with E-state index in [1.165, 1.54) is 6.08 Å². The molecule has 1 atom stereocenters. The van der Waals surface area contributed by atoms with Gasteiger partial charge in [0.05, 0.1) is 7.11 Å². The molecule has 0 aliphatic heterocycles. The van der Waals surface area contributed by atoms with Gasteiger partial charge in [0.15, 0.2) is 0 Å². The summed E-state index contributed by atoms with van der Waals surface area (Å²) in [6.07, 6.45) is 7.52. The van der Waals surface area contributed by atoms with Crippen LogP contribution in [0.3, 0.4) is 0 Å². The number of benzene rings is 1. The molecule has 108 valence electrons. The molecule has 0 saturated carbocycles. The Balaban J connectivity index is 2.53. The van der Waals surface area contributed by atoms with Crippen molar-refractivity contribution in [3.8, 4) is 5.75 Å². The third-order valence-electron chi connectivity index (χ3n) is 2.65. The molecular weight excluding hydrogens is 272 g/mol. The average Bonchev–Trinajstić information content (AvgIpc) is 2.49. The standard InChI is InChI=1S/C16H20O3S/c1-3-4-5-15(12-20)19-16(17)11-8-13-6-9-14(18-2)10-7-13/h3-4,6-11,15,20H,5,12H2,1-2H3/b4-3+,11-8+/t15-/m0/s1. The Labute approximate surface area is 125 Å². The highest BCUT2D eigenvalue weighted by atomic mass is 32.1. The van der Waals surface area contributed by atoms with Crippen molar-refractivity contribution in [2.24, 2.45) is 0 Å². The second-order valence-electron chi connectivity index (χ2n) is 4.15. The summed E-state index contributed by atoms with van der Waals surface area (Å²) >= 11 is 4.17. The molecule has 3 nitrogen and oxygen atoms in total. The summed E-state index contributed by atoms with van der Waals surface area (Å²) < 4.78 is 10.4. The van der Waals surface area contributed by atoms with Crippen LogP contribution in [-0.4, -0.2) is 24.9 Å². The molecule has 1 rings (SSSR count). The fourth-order valence-electron chi connectivity index (χ4n) is 1.53. The van der Waals surface area contributed by atoms with Gasteiger partial charge in [0.25, 0.3) is 0 Å². The molecule has 0 unspecified atom stereocenters. The average molecular weight is 292 g/mol. The SMILES string of the molecule is C/C=C/C[C@@H](CS)OC(=O)/C=C/c1ccc(OC)cc1. The number of thiol groups is 1. The molecular formula is C16H20O3S. The van der Waals surface area contributed by atoms with E-state index < -0.39 is 0 Å². The monoisotopic (exact) mass is 292 g/mol. The van der Waals surface area contributed by atoms with Crippen molar-refractivity contribution in [3.05, 3.63) is 48.1 Å². The van der Waals surface area contributed by atoms with Crippen LogP contribution in [0.1, 0.15) is 18.9 Å². The molecule has 0 aliphatic carbocycles. The summed E-state index contributed by atoms with van der Waals surface area (Å²) in [5.74, 6) is 0.933. The van der Waals surface area contributed by atoms with E-state index in [2.05, 4.69) is 12.6 Å². The molecule has 0 spiro atoms. The largest absolute Gasteiger partial charge is 0.497 e. The smallest absolute Gasteiger partial charge is 0.331 e. The Morgan fingerprint density at radius 2 is 2.05 bits per heavy atom. The van der Waals surface area contributed by atoms with E-state index in [0.29, 0.717) is 12.2 Å². The van der Waals surface area contributed by atoms with Gasteiger partial charge in [0.1, 0.15) is 11.9 Å². The van der Waals surface area contributed by atoms with Crippen LogP contribution in [0.25, 0.3) is 6.08 Å². The van der Waals surface area contributed by atoms with Gasteiger partial charge in [-0.2, -0.15) is 12.6 Å². The number of hydrogen-bond acceptors (Lipinski definition) is 4. The molecule has 0 radical (unpaired) electrons. The van der Waals surface area contributed by atoms with Gasteiger partial charge in [0, 0.05) is 18.2 Å². The first-order valence-corrected chi connectivity index (χ1v) is 7.07. The maximum Gasteiger partial charge on any atom is 0.331 e. The van der Waals surface area contributed by atoms with Crippen LogP contribution < -0.4 is 4.74 Å². The molecule has 0 saturated heterocycles. The highest BCUT2D eigenvalue weighted by Gasteiger charge is 2.08. The number of carbonyl (C=O) groups is 1. The fraction of sp³-hybridized carbons (Fsp3) is 0.312. The second kappa shape index (κ2) is 9.26. The van der Waals surface area contributed by atoms with E-state index in [1.807, 2.05) is 43.3 Å². The minimum absolute atomic E-state index is 0.192. The lowest BCUT2D eigenvalue weighted by Crippen LogP contribution is -2.17. The number of hydrogen-bond donors (Lipinski definition) is 1. The fourth-order valence-corrected chi connectivity index (χ4v) is 1.75. The van der Waals surface area contributed by atoms with Crippen molar-refractivity contribution in [2.75, 3.05) is 12.9 Å². The van der Waals surface area contributed by atoms with Crippen LogP contribution in [0.15, 0.2) is 42.5 Å². The summed E-state index contributed by atoms with van der Waals surface area (Å²) in [4.78, 5) is 11.7.